The Bertz CT molecular complexity index is 1160. The Hall–Kier alpha value is -2.79. The predicted octanol–water partition coefficient (Wildman–Crippen LogP) is 2.73. The Morgan fingerprint density at radius 1 is 1.11 bits per heavy atom. The number of likely N-dealkylation sites (N-methyl/N-ethyl adjacent to an activating group) is 1. The number of hydrogen-bond donors (Lipinski definition) is 1. The minimum atomic E-state index is -3.77. The first-order valence-electron chi connectivity index (χ1n) is 12.5. The van der Waals surface area contributed by atoms with Gasteiger partial charge >= 0.3 is 5.97 Å². The van der Waals surface area contributed by atoms with Gasteiger partial charge in [-0.15, -0.1) is 0 Å². The summed E-state index contributed by atoms with van der Waals surface area (Å²) in [6.45, 7) is 3.16. The average Bonchev–Trinajstić information content (AvgIpc) is 2.91. The number of carbonyl (C=O) groups excluding carboxylic acids is 2. The van der Waals surface area contributed by atoms with Gasteiger partial charge in [-0.2, -0.15) is 4.31 Å². The summed E-state index contributed by atoms with van der Waals surface area (Å²) in [6, 6.07) is 14.0. The summed E-state index contributed by atoms with van der Waals surface area (Å²) in [4.78, 5) is 27.0. The van der Waals surface area contributed by atoms with Crippen LogP contribution in [0.1, 0.15) is 41.7 Å². The summed E-state index contributed by atoms with van der Waals surface area (Å²) in [5.74, 6) is 0.0327. The molecule has 0 aliphatic carbocycles. The largest absolute Gasteiger partial charge is 0.497 e. The maximum atomic E-state index is 13.2. The molecule has 3 rings (SSSR count). The lowest BCUT2D eigenvalue weighted by Gasteiger charge is -2.30. The van der Waals surface area contributed by atoms with Crippen LogP contribution in [0.15, 0.2) is 53.4 Å². The second-order valence-electron chi connectivity index (χ2n) is 9.26. The highest BCUT2D eigenvalue weighted by molar-refractivity contribution is 7.89. The zero-order valence-electron chi connectivity index (χ0n) is 22.0. The van der Waals surface area contributed by atoms with Crippen molar-refractivity contribution in [2.24, 2.45) is 5.92 Å². The van der Waals surface area contributed by atoms with Crippen LogP contribution in [0, 0.1) is 5.92 Å². The van der Waals surface area contributed by atoms with Gasteiger partial charge in [0.15, 0.2) is 5.78 Å². The third kappa shape index (κ3) is 7.38. The summed E-state index contributed by atoms with van der Waals surface area (Å²) >= 11 is 0. The van der Waals surface area contributed by atoms with E-state index >= 15 is 0 Å². The summed E-state index contributed by atoms with van der Waals surface area (Å²) < 4.78 is 38.1. The van der Waals surface area contributed by atoms with Gasteiger partial charge < -0.3 is 19.7 Å². The number of nitrogens with zero attached hydrogens (tertiary/aromatic N) is 2. The van der Waals surface area contributed by atoms with Crippen molar-refractivity contribution in [3.63, 3.8) is 0 Å². The van der Waals surface area contributed by atoms with Gasteiger partial charge in [-0.3, -0.25) is 9.59 Å². The minimum absolute atomic E-state index is 0.0444. The van der Waals surface area contributed by atoms with Gasteiger partial charge in [-0.25, -0.2) is 8.42 Å². The van der Waals surface area contributed by atoms with Gasteiger partial charge in [-0.1, -0.05) is 24.3 Å². The minimum Gasteiger partial charge on any atom is -0.497 e. The first kappa shape index (κ1) is 28.8. The second kappa shape index (κ2) is 13.1. The summed E-state index contributed by atoms with van der Waals surface area (Å²) in [5.41, 5.74) is 1.42. The maximum absolute atomic E-state index is 13.2. The quantitative estimate of drug-likeness (QED) is 0.329. The normalized spacial score (nSPS) is 15.9. The number of benzene rings is 2. The SMILES string of the molecule is CCOC(=O)C1CCN(S(=O)(=O)c2cccc(C(=O)CNCC(c3ccc(OC)cc3)N(C)C)c2)CC1. The molecule has 2 aromatic rings. The molecule has 0 radical (unpaired) electrons. The molecule has 1 aliphatic rings. The zero-order chi connectivity index (χ0) is 27.0. The molecule has 1 fully saturated rings. The summed E-state index contributed by atoms with van der Waals surface area (Å²) in [6.07, 6.45) is 0.837. The fourth-order valence-corrected chi connectivity index (χ4v) is 5.94. The number of hydrogen-bond acceptors (Lipinski definition) is 8. The highest BCUT2D eigenvalue weighted by atomic mass is 32.2. The van der Waals surface area contributed by atoms with Crippen molar-refractivity contribution in [3.05, 3.63) is 59.7 Å². The molecule has 0 bridgehead atoms. The zero-order valence-corrected chi connectivity index (χ0v) is 22.8. The lowest BCUT2D eigenvalue weighted by Crippen LogP contribution is -2.40. The number of nitrogens with one attached hydrogen (secondary N) is 1. The van der Waals surface area contributed by atoms with Gasteiger partial charge in [0.25, 0.3) is 0 Å². The Morgan fingerprint density at radius 3 is 2.38 bits per heavy atom. The van der Waals surface area contributed by atoms with E-state index in [0.29, 0.717) is 31.6 Å². The number of methoxy groups -OCH3 is 1. The van der Waals surface area contributed by atoms with Crippen molar-refractivity contribution in [1.29, 1.82) is 0 Å². The standard InChI is InChI=1S/C27H37N3O6S/c1-5-36-27(32)21-13-15-30(16-14-21)37(33,34)24-8-6-7-22(17-24)26(31)19-28-18-25(29(2)3)20-9-11-23(35-4)12-10-20/h6-12,17,21,25,28H,5,13-16,18-19H2,1-4H3. The van der Waals surface area contributed by atoms with E-state index in [9.17, 15) is 18.0 Å². The second-order valence-corrected chi connectivity index (χ2v) is 11.2. The number of ketones is 1. The van der Waals surface area contributed by atoms with Crippen LogP contribution in [0.25, 0.3) is 0 Å². The van der Waals surface area contributed by atoms with E-state index in [4.69, 9.17) is 9.47 Å². The van der Waals surface area contributed by atoms with Gasteiger partial charge in [0, 0.05) is 31.2 Å². The van der Waals surface area contributed by atoms with Crippen molar-refractivity contribution >= 4 is 21.8 Å². The molecule has 1 N–H and O–H groups in total. The molecular weight excluding hydrogens is 494 g/mol. The van der Waals surface area contributed by atoms with E-state index in [2.05, 4.69) is 10.2 Å². The van der Waals surface area contributed by atoms with Crippen LogP contribution >= 0.6 is 0 Å². The van der Waals surface area contributed by atoms with E-state index < -0.39 is 10.0 Å². The van der Waals surface area contributed by atoms with Crippen molar-refractivity contribution in [2.45, 2.75) is 30.7 Å². The van der Waals surface area contributed by atoms with Crippen LogP contribution in [0.2, 0.25) is 0 Å². The molecule has 37 heavy (non-hydrogen) atoms. The molecule has 202 valence electrons. The van der Waals surface area contributed by atoms with Gasteiger partial charge in [-0.05, 0) is 63.7 Å². The molecule has 0 aromatic heterocycles. The molecule has 0 amide bonds. The number of esters is 1. The molecule has 1 saturated heterocycles. The molecule has 1 unspecified atom stereocenters. The Morgan fingerprint density at radius 2 is 1.78 bits per heavy atom. The van der Waals surface area contributed by atoms with Crippen LogP contribution in [0.5, 0.6) is 5.75 Å². The monoisotopic (exact) mass is 531 g/mol. The maximum Gasteiger partial charge on any atom is 0.309 e. The number of carbonyl (C=O) groups is 2. The first-order chi connectivity index (χ1) is 17.7. The van der Waals surface area contributed by atoms with Gasteiger partial charge in [0.05, 0.1) is 31.1 Å². The number of piperidine rings is 1. The smallest absolute Gasteiger partial charge is 0.309 e. The lowest BCUT2D eigenvalue weighted by molar-refractivity contribution is -0.149. The fraction of sp³-hybridized carbons (Fsp3) is 0.481. The van der Waals surface area contributed by atoms with Crippen molar-refractivity contribution in [2.75, 3.05) is 54.0 Å². The number of ether oxygens (including phenoxy) is 2. The Labute approximate surface area is 219 Å². The Balaban J connectivity index is 1.60. The summed E-state index contributed by atoms with van der Waals surface area (Å²) in [7, 11) is 1.80. The Kier molecular flexibility index (Phi) is 10.2. The molecule has 1 heterocycles. The molecule has 10 heteroatoms. The summed E-state index contributed by atoms with van der Waals surface area (Å²) in [5, 5.41) is 3.21. The number of rotatable bonds is 12. The van der Waals surface area contributed by atoms with E-state index in [1.807, 2.05) is 38.4 Å². The highest BCUT2D eigenvalue weighted by Gasteiger charge is 2.33. The van der Waals surface area contributed by atoms with Crippen LogP contribution in [-0.2, 0) is 19.6 Å². The van der Waals surface area contributed by atoms with Crippen LogP contribution in [0.4, 0.5) is 0 Å². The van der Waals surface area contributed by atoms with E-state index in [1.165, 1.54) is 16.4 Å². The third-order valence-electron chi connectivity index (χ3n) is 6.61. The lowest BCUT2D eigenvalue weighted by atomic mass is 9.98. The molecule has 1 atom stereocenters. The van der Waals surface area contributed by atoms with E-state index in [1.54, 1.807) is 26.2 Å². The fourth-order valence-electron chi connectivity index (χ4n) is 4.42. The number of sulfonamides is 1. The van der Waals surface area contributed by atoms with Crippen LogP contribution in [0.3, 0.4) is 0 Å². The molecule has 1 aliphatic heterocycles. The van der Waals surface area contributed by atoms with Crippen molar-refractivity contribution in [3.8, 4) is 5.75 Å². The predicted molar refractivity (Wildman–Crippen MR) is 141 cm³/mol. The highest BCUT2D eigenvalue weighted by Crippen LogP contribution is 2.25. The van der Waals surface area contributed by atoms with Gasteiger partial charge in [0.2, 0.25) is 10.0 Å². The molecule has 9 nitrogen and oxygen atoms in total. The van der Waals surface area contributed by atoms with Crippen LogP contribution < -0.4 is 10.1 Å². The third-order valence-corrected chi connectivity index (χ3v) is 8.51. The van der Waals surface area contributed by atoms with Crippen molar-refractivity contribution < 1.29 is 27.5 Å². The molecular formula is C27H37N3O6S. The molecule has 0 saturated carbocycles. The number of Topliss-reactive ketones (excluding diaryl/α,β-unsaturated/α-hetero) is 1. The average molecular weight is 532 g/mol. The molecule has 0 spiro atoms. The topological polar surface area (TPSA) is 105 Å². The van der Waals surface area contributed by atoms with E-state index in [0.717, 1.165) is 11.3 Å². The van der Waals surface area contributed by atoms with Crippen LogP contribution in [-0.4, -0.2) is 83.4 Å². The van der Waals surface area contributed by atoms with E-state index in [-0.39, 0.29) is 48.2 Å². The first-order valence-corrected chi connectivity index (χ1v) is 13.9. The van der Waals surface area contributed by atoms with Crippen molar-refractivity contribution in [1.82, 2.24) is 14.5 Å². The molecule has 2 aromatic carbocycles. The van der Waals surface area contributed by atoms with Gasteiger partial charge in [0.1, 0.15) is 5.75 Å².